The minimum absolute atomic E-state index is 0.216. The Hall–Kier alpha value is -2.11. The number of carbonyl (C=O) groups is 2. The number of urea groups is 1. The van der Waals surface area contributed by atoms with Crippen LogP contribution in [0.1, 0.15) is 24.5 Å². The van der Waals surface area contributed by atoms with E-state index in [9.17, 15) is 9.59 Å². The van der Waals surface area contributed by atoms with Gasteiger partial charge < -0.3 is 15.3 Å². The van der Waals surface area contributed by atoms with Gasteiger partial charge in [0.15, 0.2) is 0 Å². The molecule has 1 aliphatic heterocycles. The normalized spacial score (nSPS) is 21.8. The molecule has 0 radical (unpaired) electrons. The van der Waals surface area contributed by atoms with Gasteiger partial charge in [-0.1, -0.05) is 0 Å². The van der Waals surface area contributed by atoms with Gasteiger partial charge in [0.2, 0.25) is 0 Å². The fraction of sp³-hybridized carbons (Fsp3) is 0.500. The first kappa shape index (κ1) is 14.3. The highest BCUT2D eigenvalue weighted by Crippen LogP contribution is 2.29. The molecular formula is C14H19N3O3. The zero-order chi connectivity index (χ0) is 14.8. The fourth-order valence-electron chi connectivity index (χ4n) is 2.29. The minimum Gasteiger partial charge on any atom is -0.481 e. The van der Waals surface area contributed by atoms with Crippen LogP contribution in [0.5, 0.6) is 0 Å². The summed E-state index contributed by atoms with van der Waals surface area (Å²) in [5.74, 6) is -0.849. The second-order valence-electron chi connectivity index (χ2n) is 5.50. The van der Waals surface area contributed by atoms with Gasteiger partial charge in [-0.15, -0.1) is 0 Å². The molecule has 1 unspecified atom stereocenters. The summed E-state index contributed by atoms with van der Waals surface area (Å²) >= 11 is 0. The Bertz CT molecular complexity index is 532. The first-order chi connectivity index (χ1) is 9.42. The Morgan fingerprint density at radius 2 is 2.30 bits per heavy atom. The Kier molecular flexibility index (Phi) is 3.92. The number of aromatic nitrogens is 1. The number of likely N-dealkylation sites (tertiary alicyclic amines) is 1. The molecule has 6 nitrogen and oxygen atoms in total. The molecule has 1 fully saturated rings. The molecule has 108 valence electrons. The van der Waals surface area contributed by atoms with Gasteiger partial charge in [-0.2, -0.15) is 0 Å². The minimum atomic E-state index is -0.849. The standard InChI is InChI=1S/C14H19N3O3/c1-10-7-15-5-3-11(10)8-16-13(20)17-6-4-14(2,9-17)12(18)19/h3,5,7H,4,6,8-9H2,1-2H3,(H,16,20)(H,18,19). The maximum atomic E-state index is 12.0. The van der Waals surface area contributed by atoms with Crippen LogP contribution in [0.4, 0.5) is 4.79 Å². The number of pyridine rings is 1. The molecule has 1 aromatic rings. The SMILES string of the molecule is Cc1cnccc1CNC(=O)N1CCC(C)(C(=O)O)C1. The van der Waals surface area contributed by atoms with E-state index in [1.165, 1.54) is 0 Å². The Morgan fingerprint density at radius 3 is 2.90 bits per heavy atom. The van der Waals surface area contributed by atoms with E-state index in [0.29, 0.717) is 19.5 Å². The zero-order valence-electron chi connectivity index (χ0n) is 11.7. The number of hydrogen-bond donors (Lipinski definition) is 2. The van der Waals surface area contributed by atoms with Crippen molar-refractivity contribution in [2.24, 2.45) is 5.41 Å². The van der Waals surface area contributed by atoms with Crippen LogP contribution in [0.2, 0.25) is 0 Å². The summed E-state index contributed by atoms with van der Waals surface area (Å²) in [6.45, 7) is 4.77. The molecule has 1 aromatic heterocycles. The molecule has 2 heterocycles. The summed E-state index contributed by atoms with van der Waals surface area (Å²) in [4.78, 5) is 28.8. The average Bonchev–Trinajstić information content (AvgIpc) is 2.82. The highest BCUT2D eigenvalue weighted by atomic mass is 16.4. The number of rotatable bonds is 3. The van der Waals surface area contributed by atoms with Crippen molar-refractivity contribution in [1.29, 1.82) is 0 Å². The lowest BCUT2D eigenvalue weighted by atomic mass is 9.90. The second-order valence-corrected chi connectivity index (χ2v) is 5.50. The van der Waals surface area contributed by atoms with Crippen LogP contribution in [0.15, 0.2) is 18.5 Å². The van der Waals surface area contributed by atoms with E-state index >= 15 is 0 Å². The van der Waals surface area contributed by atoms with Gasteiger partial charge in [0, 0.05) is 32.0 Å². The van der Waals surface area contributed by atoms with Crippen LogP contribution >= 0.6 is 0 Å². The monoisotopic (exact) mass is 277 g/mol. The summed E-state index contributed by atoms with van der Waals surface area (Å²) in [6.07, 6.45) is 3.93. The number of aryl methyl sites for hydroxylation is 1. The van der Waals surface area contributed by atoms with Gasteiger partial charge in [0.1, 0.15) is 0 Å². The smallest absolute Gasteiger partial charge is 0.317 e. The van der Waals surface area contributed by atoms with Crippen molar-refractivity contribution in [2.75, 3.05) is 13.1 Å². The van der Waals surface area contributed by atoms with Crippen molar-refractivity contribution in [2.45, 2.75) is 26.8 Å². The van der Waals surface area contributed by atoms with Crippen LogP contribution in [0.3, 0.4) is 0 Å². The maximum absolute atomic E-state index is 12.0. The van der Waals surface area contributed by atoms with Crippen molar-refractivity contribution in [3.8, 4) is 0 Å². The first-order valence-electron chi connectivity index (χ1n) is 6.58. The van der Waals surface area contributed by atoms with Crippen molar-refractivity contribution < 1.29 is 14.7 Å². The summed E-state index contributed by atoms with van der Waals surface area (Å²) < 4.78 is 0. The molecule has 2 amide bonds. The number of carboxylic acid groups (broad SMARTS) is 1. The quantitative estimate of drug-likeness (QED) is 0.874. The topological polar surface area (TPSA) is 82.5 Å². The van der Waals surface area contributed by atoms with Gasteiger partial charge in [0.05, 0.1) is 5.41 Å². The Morgan fingerprint density at radius 1 is 1.55 bits per heavy atom. The molecule has 6 heteroatoms. The van der Waals surface area contributed by atoms with Crippen LogP contribution in [0, 0.1) is 12.3 Å². The molecule has 1 aliphatic rings. The number of aliphatic carboxylic acids is 1. The Balaban J connectivity index is 1.91. The van der Waals surface area contributed by atoms with Gasteiger partial charge in [-0.3, -0.25) is 9.78 Å². The molecule has 0 spiro atoms. The first-order valence-corrected chi connectivity index (χ1v) is 6.58. The molecule has 20 heavy (non-hydrogen) atoms. The van der Waals surface area contributed by atoms with Crippen molar-refractivity contribution in [3.05, 3.63) is 29.6 Å². The third-order valence-electron chi connectivity index (χ3n) is 3.84. The molecule has 0 aromatic carbocycles. The summed E-state index contributed by atoms with van der Waals surface area (Å²) in [5, 5.41) is 12.0. The average molecular weight is 277 g/mol. The maximum Gasteiger partial charge on any atom is 0.317 e. The lowest BCUT2D eigenvalue weighted by molar-refractivity contribution is -0.146. The van der Waals surface area contributed by atoms with E-state index in [0.717, 1.165) is 11.1 Å². The number of nitrogens with zero attached hydrogens (tertiary/aromatic N) is 2. The van der Waals surface area contributed by atoms with Crippen LogP contribution in [0.25, 0.3) is 0 Å². The van der Waals surface area contributed by atoms with Crippen LogP contribution in [-0.2, 0) is 11.3 Å². The molecule has 1 saturated heterocycles. The number of amides is 2. The molecule has 0 saturated carbocycles. The van der Waals surface area contributed by atoms with E-state index in [1.807, 2.05) is 13.0 Å². The second kappa shape index (κ2) is 5.48. The molecule has 2 rings (SSSR count). The third-order valence-corrected chi connectivity index (χ3v) is 3.84. The highest BCUT2D eigenvalue weighted by Gasteiger charge is 2.42. The van der Waals surface area contributed by atoms with E-state index in [1.54, 1.807) is 24.2 Å². The van der Waals surface area contributed by atoms with E-state index < -0.39 is 11.4 Å². The number of nitrogens with one attached hydrogen (secondary N) is 1. The van der Waals surface area contributed by atoms with Crippen LogP contribution in [-0.4, -0.2) is 40.1 Å². The predicted octanol–water partition coefficient (Wildman–Crippen LogP) is 1.40. The van der Waals surface area contributed by atoms with E-state index in [2.05, 4.69) is 10.3 Å². The van der Waals surface area contributed by atoms with Gasteiger partial charge in [-0.05, 0) is 37.5 Å². The van der Waals surface area contributed by atoms with E-state index in [-0.39, 0.29) is 12.6 Å². The van der Waals surface area contributed by atoms with Gasteiger partial charge >= 0.3 is 12.0 Å². The summed E-state index contributed by atoms with van der Waals surface area (Å²) in [6, 6.07) is 1.65. The molecule has 0 bridgehead atoms. The summed E-state index contributed by atoms with van der Waals surface area (Å²) in [5.41, 5.74) is 1.20. The fourth-order valence-corrected chi connectivity index (χ4v) is 2.29. The van der Waals surface area contributed by atoms with Crippen molar-refractivity contribution in [3.63, 3.8) is 0 Å². The highest BCUT2D eigenvalue weighted by molar-refractivity contribution is 5.79. The zero-order valence-corrected chi connectivity index (χ0v) is 11.7. The van der Waals surface area contributed by atoms with Crippen molar-refractivity contribution in [1.82, 2.24) is 15.2 Å². The number of carbonyl (C=O) groups excluding carboxylic acids is 1. The lowest BCUT2D eigenvalue weighted by Gasteiger charge is -2.20. The van der Waals surface area contributed by atoms with Crippen molar-refractivity contribution >= 4 is 12.0 Å². The van der Waals surface area contributed by atoms with E-state index in [4.69, 9.17) is 5.11 Å². The predicted molar refractivity (Wildman–Crippen MR) is 73.1 cm³/mol. The molecule has 0 aliphatic carbocycles. The van der Waals surface area contributed by atoms with Gasteiger partial charge in [-0.25, -0.2) is 4.79 Å². The number of hydrogen-bond acceptors (Lipinski definition) is 3. The molecular weight excluding hydrogens is 258 g/mol. The van der Waals surface area contributed by atoms with Crippen LogP contribution < -0.4 is 5.32 Å². The summed E-state index contributed by atoms with van der Waals surface area (Å²) in [7, 11) is 0. The number of carboxylic acids is 1. The van der Waals surface area contributed by atoms with Gasteiger partial charge in [0.25, 0.3) is 0 Å². The largest absolute Gasteiger partial charge is 0.481 e. The third kappa shape index (κ3) is 2.89. The molecule has 2 N–H and O–H groups in total. The Labute approximate surface area is 117 Å². The lowest BCUT2D eigenvalue weighted by Crippen LogP contribution is -2.40. The molecule has 1 atom stereocenters.